The molecule has 0 heterocycles. The molecule has 2 amide bonds. The van der Waals surface area contributed by atoms with Crippen molar-refractivity contribution in [3.63, 3.8) is 0 Å². The number of rotatable bonds is 6. The van der Waals surface area contributed by atoms with Crippen LogP contribution >= 0.6 is 0 Å². The van der Waals surface area contributed by atoms with Gasteiger partial charge in [-0.15, -0.1) is 0 Å². The minimum atomic E-state index is -0.322. The fourth-order valence-electron chi connectivity index (χ4n) is 4.42. The summed E-state index contributed by atoms with van der Waals surface area (Å²) in [6.07, 6.45) is 1.27. The van der Waals surface area contributed by atoms with Gasteiger partial charge in [-0.2, -0.15) is 0 Å². The van der Waals surface area contributed by atoms with E-state index in [2.05, 4.69) is 10.6 Å². The van der Waals surface area contributed by atoms with Gasteiger partial charge in [-0.3, -0.25) is 9.59 Å². The molecule has 2 unspecified atom stereocenters. The third-order valence-corrected chi connectivity index (χ3v) is 6.40. The van der Waals surface area contributed by atoms with Crippen LogP contribution in [0.2, 0.25) is 0 Å². The number of carbonyl (C=O) groups excluding carboxylic acids is 2. The lowest BCUT2D eigenvalue weighted by atomic mass is 9.77. The smallest absolute Gasteiger partial charge is 0.228 e. The van der Waals surface area contributed by atoms with E-state index < -0.39 is 0 Å². The second-order valence-electron chi connectivity index (χ2n) is 8.45. The highest BCUT2D eigenvalue weighted by atomic mass is 19.1. The number of hydrogen-bond acceptors (Lipinski definition) is 2. The molecule has 162 valence electrons. The van der Waals surface area contributed by atoms with Crippen molar-refractivity contribution in [1.82, 2.24) is 10.6 Å². The first kappa shape index (κ1) is 20.4. The Labute approximate surface area is 184 Å². The van der Waals surface area contributed by atoms with Gasteiger partial charge in [-0.1, -0.05) is 36.4 Å². The summed E-state index contributed by atoms with van der Waals surface area (Å²) in [5.41, 5.74) is 5.46. The molecule has 6 heteroatoms. The highest BCUT2D eigenvalue weighted by molar-refractivity contribution is 5.87. The number of halogens is 2. The summed E-state index contributed by atoms with van der Waals surface area (Å²) in [5, 5.41) is 5.83. The second-order valence-corrected chi connectivity index (χ2v) is 8.45. The van der Waals surface area contributed by atoms with Crippen molar-refractivity contribution in [2.75, 3.05) is 0 Å². The lowest BCUT2D eigenvalue weighted by Gasteiger charge is -2.29. The van der Waals surface area contributed by atoms with Crippen LogP contribution in [0.25, 0.3) is 0 Å². The Kier molecular flexibility index (Phi) is 5.21. The molecule has 0 aromatic heterocycles. The molecule has 2 N–H and O–H groups in total. The predicted molar refractivity (Wildman–Crippen MR) is 116 cm³/mol. The summed E-state index contributed by atoms with van der Waals surface area (Å²) < 4.78 is 26.8. The number of fused-ring (bicyclic) bond motifs is 2. The summed E-state index contributed by atoms with van der Waals surface area (Å²) in [7, 11) is 0. The minimum Gasteiger partial charge on any atom is -0.351 e. The predicted octanol–water partition coefficient (Wildman–Crippen LogP) is 3.88. The first-order valence-electron chi connectivity index (χ1n) is 10.7. The van der Waals surface area contributed by atoms with E-state index in [9.17, 15) is 18.4 Å². The molecule has 32 heavy (non-hydrogen) atoms. The third-order valence-electron chi connectivity index (χ3n) is 6.40. The van der Waals surface area contributed by atoms with Crippen LogP contribution in [0.1, 0.15) is 45.2 Å². The molecule has 5 rings (SSSR count). The number of amides is 2. The fourth-order valence-corrected chi connectivity index (χ4v) is 4.42. The van der Waals surface area contributed by atoms with Gasteiger partial charge in [0.15, 0.2) is 0 Å². The van der Waals surface area contributed by atoms with Crippen molar-refractivity contribution < 1.29 is 18.4 Å². The quantitative estimate of drug-likeness (QED) is 0.621. The van der Waals surface area contributed by atoms with Crippen molar-refractivity contribution in [2.45, 2.75) is 37.8 Å². The molecule has 0 radical (unpaired) electrons. The van der Waals surface area contributed by atoms with Crippen molar-refractivity contribution >= 4 is 11.8 Å². The molecule has 4 nitrogen and oxygen atoms in total. The van der Waals surface area contributed by atoms with E-state index in [1.165, 1.54) is 24.3 Å². The SMILES string of the molecule is O=C(NCc1ccc(CNC(=O)C2Cc3ccc(F)cc32)cc1)C1Cc2ccc(F)cc21. The Bertz CT molecular complexity index is 1110. The van der Waals surface area contributed by atoms with E-state index in [-0.39, 0.29) is 35.3 Å². The van der Waals surface area contributed by atoms with E-state index in [1.807, 2.05) is 24.3 Å². The Hall–Kier alpha value is -3.54. The molecule has 3 aromatic carbocycles. The molecule has 0 bridgehead atoms. The van der Waals surface area contributed by atoms with Gasteiger partial charge in [-0.05, 0) is 70.5 Å². The Morgan fingerprint density at radius 1 is 0.688 bits per heavy atom. The number of nitrogens with one attached hydrogen (secondary N) is 2. The molecular weight excluding hydrogens is 410 g/mol. The van der Waals surface area contributed by atoms with Gasteiger partial charge in [0, 0.05) is 13.1 Å². The van der Waals surface area contributed by atoms with E-state index in [0.29, 0.717) is 25.9 Å². The molecule has 0 aliphatic heterocycles. The Morgan fingerprint density at radius 3 is 1.50 bits per heavy atom. The van der Waals surface area contributed by atoms with Crippen LogP contribution in [0.4, 0.5) is 8.78 Å². The van der Waals surface area contributed by atoms with Crippen molar-refractivity contribution in [3.05, 3.63) is 106 Å². The van der Waals surface area contributed by atoms with Crippen LogP contribution < -0.4 is 10.6 Å². The van der Waals surface area contributed by atoms with Gasteiger partial charge in [0.2, 0.25) is 11.8 Å². The lowest BCUT2D eigenvalue weighted by molar-refractivity contribution is -0.124. The van der Waals surface area contributed by atoms with Gasteiger partial charge in [0.05, 0.1) is 11.8 Å². The monoisotopic (exact) mass is 432 g/mol. The number of hydrogen-bond donors (Lipinski definition) is 2. The zero-order valence-corrected chi connectivity index (χ0v) is 17.3. The van der Waals surface area contributed by atoms with E-state index in [4.69, 9.17) is 0 Å². The standard InChI is InChI=1S/C26H22F2N2O2/c27-19-7-5-17-9-23(21(17)11-19)25(31)29-13-15-1-2-16(4-3-15)14-30-26(32)24-10-18-6-8-20(28)12-22(18)24/h1-8,11-12,23-24H,9-10,13-14H2,(H,29,31)(H,30,32). The normalized spacial score (nSPS) is 17.9. The van der Waals surface area contributed by atoms with Crippen molar-refractivity contribution in [3.8, 4) is 0 Å². The second kappa shape index (κ2) is 8.19. The van der Waals surface area contributed by atoms with Crippen LogP contribution in [0.3, 0.4) is 0 Å². The van der Waals surface area contributed by atoms with E-state index in [0.717, 1.165) is 33.4 Å². The molecule has 0 fully saturated rings. The summed E-state index contributed by atoms with van der Waals surface area (Å²) >= 11 is 0. The summed E-state index contributed by atoms with van der Waals surface area (Å²) in [6.45, 7) is 0.772. The van der Waals surface area contributed by atoms with Gasteiger partial charge in [0.1, 0.15) is 11.6 Å². The number of benzene rings is 3. The first-order valence-corrected chi connectivity index (χ1v) is 10.7. The van der Waals surface area contributed by atoms with E-state index in [1.54, 1.807) is 12.1 Å². The molecule has 0 saturated carbocycles. The molecule has 3 aromatic rings. The van der Waals surface area contributed by atoms with Crippen molar-refractivity contribution in [2.24, 2.45) is 0 Å². The Balaban J connectivity index is 1.10. The Morgan fingerprint density at radius 2 is 1.09 bits per heavy atom. The maximum absolute atomic E-state index is 13.4. The molecule has 2 aliphatic carbocycles. The van der Waals surface area contributed by atoms with E-state index >= 15 is 0 Å². The molecular formula is C26H22F2N2O2. The maximum Gasteiger partial charge on any atom is 0.228 e. The third kappa shape index (κ3) is 3.88. The zero-order chi connectivity index (χ0) is 22.2. The molecule has 2 atom stereocenters. The first-order chi connectivity index (χ1) is 15.5. The number of carbonyl (C=O) groups is 2. The minimum absolute atomic E-state index is 0.100. The lowest BCUT2D eigenvalue weighted by Crippen LogP contribution is -2.35. The van der Waals surface area contributed by atoms with Gasteiger partial charge in [0.25, 0.3) is 0 Å². The van der Waals surface area contributed by atoms with Crippen LogP contribution in [0.15, 0.2) is 60.7 Å². The van der Waals surface area contributed by atoms with Crippen LogP contribution in [0, 0.1) is 11.6 Å². The zero-order valence-electron chi connectivity index (χ0n) is 17.3. The summed E-state index contributed by atoms with van der Waals surface area (Å²) in [4.78, 5) is 24.8. The van der Waals surface area contributed by atoms with Crippen molar-refractivity contribution in [1.29, 1.82) is 0 Å². The van der Waals surface area contributed by atoms with Gasteiger partial charge < -0.3 is 10.6 Å². The van der Waals surface area contributed by atoms with Gasteiger partial charge in [-0.25, -0.2) is 8.78 Å². The van der Waals surface area contributed by atoms with Crippen LogP contribution in [-0.4, -0.2) is 11.8 Å². The average Bonchev–Trinajstić information content (AvgIpc) is 2.76. The summed E-state index contributed by atoms with van der Waals surface area (Å²) in [5.74, 6) is -1.43. The molecule has 0 saturated heterocycles. The summed E-state index contributed by atoms with van der Waals surface area (Å²) in [6, 6.07) is 16.8. The average molecular weight is 432 g/mol. The topological polar surface area (TPSA) is 58.2 Å². The highest BCUT2D eigenvalue weighted by Crippen LogP contribution is 2.36. The largest absolute Gasteiger partial charge is 0.351 e. The molecule has 0 spiro atoms. The van der Waals surface area contributed by atoms with Crippen LogP contribution in [-0.2, 0) is 35.5 Å². The maximum atomic E-state index is 13.4. The fraction of sp³-hybridized carbons (Fsp3) is 0.231. The molecule has 2 aliphatic rings. The van der Waals surface area contributed by atoms with Crippen LogP contribution in [0.5, 0.6) is 0 Å². The highest BCUT2D eigenvalue weighted by Gasteiger charge is 2.33. The van der Waals surface area contributed by atoms with Gasteiger partial charge >= 0.3 is 0 Å².